The number of hydrogen-bond donors (Lipinski definition) is 1. The molecule has 0 saturated heterocycles. The lowest BCUT2D eigenvalue weighted by Crippen LogP contribution is -2.34. The first kappa shape index (κ1) is 13.0. The van der Waals surface area contributed by atoms with Crippen molar-refractivity contribution < 1.29 is 4.74 Å². The zero-order chi connectivity index (χ0) is 12.0. The van der Waals surface area contributed by atoms with Crippen LogP contribution in [0.2, 0.25) is 0 Å². The zero-order valence-electron chi connectivity index (χ0n) is 10.8. The number of rotatable bonds is 6. The molecule has 0 aromatic heterocycles. The largest absolute Gasteiger partial charge is 0.489 e. The highest BCUT2D eigenvalue weighted by Crippen LogP contribution is 2.13. The summed E-state index contributed by atoms with van der Waals surface area (Å²) in [5, 5.41) is 3.44. The van der Waals surface area contributed by atoms with E-state index in [1.54, 1.807) is 0 Å². The molecule has 1 rings (SSSR count). The van der Waals surface area contributed by atoms with E-state index in [0.29, 0.717) is 6.04 Å². The first-order valence-electron chi connectivity index (χ1n) is 6.08. The van der Waals surface area contributed by atoms with Gasteiger partial charge in [0, 0.05) is 12.6 Å². The highest BCUT2D eigenvalue weighted by atomic mass is 16.5. The third-order valence-electron chi connectivity index (χ3n) is 2.69. The van der Waals surface area contributed by atoms with Gasteiger partial charge in [-0.3, -0.25) is 0 Å². The Morgan fingerprint density at radius 2 is 2.06 bits per heavy atom. The molecule has 2 atom stereocenters. The minimum atomic E-state index is 0.204. The molecule has 0 aliphatic heterocycles. The van der Waals surface area contributed by atoms with Crippen LogP contribution >= 0.6 is 0 Å². The van der Waals surface area contributed by atoms with E-state index >= 15 is 0 Å². The molecule has 0 amide bonds. The minimum Gasteiger partial charge on any atom is -0.489 e. The van der Waals surface area contributed by atoms with Gasteiger partial charge in [0.05, 0.1) is 0 Å². The van der Waals surface area contributed by atoms with Crippen LogP contribution < -0.4 is 10.1 Å². The van der Waals surface area contributed by atoms with E-state index in [1.165, 1.54) is 5.56 Å². The van der Waals surface area contributed by atoms with Crippen molar-refractivity contribution in [2.24, 2.45) is 0 Å². The van der Waals surface area contributed by atoms with E-state index in [9.17, 15) is 0 Å². The molecule has 0 spiro atoms. The summed E-state index contributed by atoms with van der Waals surface area (Å²) in [5.74, 6) is 0.957. The molecule has 90 valence electrons. The molecule has 2 unspecified atom stereocenters. The Balaban J connectivity index is 2.36. The minimum absolute atomic E-state index is 0.204. The van der Waals surface area contributed by atoms with Crippen molar-refractivity contribution >= 4 is 0 Å². The van der Waals surface area contributed by atoms with Gasteiger partial charge in [-0.15, -0.1) is 0 Å². The monoisotopic (exact) mass is 221 g/mol. The summed E-state index contributed by atoms with van der Waals surface area (Å²) in [6.45, 7) is 9.44. The summed E-state index contributed by atoms with van der Waals surface area (Å²) in [6.07, 6.45) is 1.35. The Morgan fingerprint density at radius 3 is 2.69 bits per heavy atom. The molecular formula is C14H23NO. The lowest BCUT2D eigenvalue weighted by atomic mass is 10.2. The second-order valence-corrected chi connectivity index (χ2v) is 4.46. The zero-order valence-corrected chi connectivity index (χ0v) is 10.8. The molecule has 0 fully saturated rings. The van der Waals surface area contributed by atoms with E-state index in [1.807, 2.05) is 12.1 Å². The average Bonchev–Trinajstić information content (AvgIpc) is 2.26. The van der Waals surface area contributed by atoms with Gasteiger partial charge in [0.25, 0.3) is 0 Å². The topological polar surface area (TPSA) is 21.3 Å². The van der Waals surface area contributed by atoms with Crippen LogP contribution in [0.25, 0.3) is 0 Å². The SMILES string of the molecule is CCC(C)NCC(C)Oc1cccc(C)c1. The van der Waals surface area contributed by atoms with E-state index in [-0.39, 0.29) is 6.10 Å². The van der Waals surface area contributed by atoms with Crippen LogP contribution in [-0.4, -0.2) is 18.7 Å². The summed E-state index contributed by atoms with van der Waals surface area (Å²) >= 11 is 0. The predicted molar refractivity (Wildman–Crippen MR) is 69.0 cm³/mol. The molecular weight excluding hydrogens is 198 g/mol. The van der Waals surface area contributed by atoms with E-state index in [2.05, 4.69) is 45.1 Å². The van der Waals surface area contributed by atoms with Crippen molar-refractivity contribution in [2.45, 2.75) is 46.3 Å². The van der Waals surface area contributed by atoms with Gasteiger partial charge in [-0.25, -0.2) is 0 Å². The highest BCUT2D eigenvalue weighted by molar-refractivity contribution is 5.27. The first-order valence-corrected chi connectivity index (χ1v) is 6.08. The summed E-state index contributed by atoms with van der Waals surface area (Å²) < 4.78 is 5.83. The van der Waals surface area contributed by atoms with Gasteiger partial charge in [-0.2, -0.15) is 0 Å². The first-order chi connectivity index (χ1) is 7.61. The summed E-state index contributed by atoms with van der Waals surface area (Å²) in [4.78, 5) is 0. The number of hydrogen-bond acceptors (Lipinski definition) is 2. The van der Waals surface area contributed by atoms with E-state index in [0.717, 1.165) is 18.7 Å². The second-order valence-electron chi connectivity index (χ2n) is 4.46. The number of nitrogens with one attached hydrogen (secondary N) is 1. The van der Waals surface area contributed by atoms with Gasteiger partial charge in [0.1, 0.15) is 11.9 Å². The number of ether oxygens (including phenoxy) is 1. The van der Waals surface area contributed by atoms with Gasteiger partial charge in [0.2, 0.25) is 0 Å². The Bertz CT molecular complexity index is 311. The van der Waals surface area contributed by atoms with Crippen LogP contribution in [0.5, 0.6) is 5.75 Å². The third kappa shape index (κ3) is 4.67. The molecule has 0 saturated carbocycles. The van der Waals surface area contributed by atoms with Crippen molar-refractivity contribution in [2.75, 3.05) is 6.54 Å². The van der Waals surface area contributed by atoms with Crippen molar-refractivity contribution in [3.63, 3.8) is 0 Å². The lowest BCUT2D eigenvalue weighted by Gasteiger charge is -2.18. The Hall–Kier alpha value is -1.02. The van der Waals surface area contributed by atoms with Crippen molar-refractivity contribution in [1.82, 2.24) is 5.32 Å². The number of aryl methyl sites for hydroxylation is 1. The quantitative estimate of drug-likeness (QED) is 0.796. The summed E-state index contributed by atoms with van der Waals surface area (Å²) in [5.41, 5.74) is 1.24. The van der Waals surface area contributed by atoms with Gasteiger partial charge >= 0.3 is 0 Å². The van der Waals surface area contributed by atoms with Gasteiger partial charge in [0.15, 0.2) is 0 Å². The molecule has 0 aliphatic carbocycles. The van der Waals surface area contributed by atoms with Gasteiger partial charge < -0.3 is 10.1 Å². The molecule has 16 heavy (non-hydrogen) atoms. The lowest BCUT2D eigenvalue weighted by molar-refractivity contribution is 0.212. The Labute approximate surface area is 99.0 Å². The fourth-order valence-electron chi connectivity index (χ4n) is 1.47. The summed E-state index contributed by atoms with van der Waals surface area (Å²) in [7, 11) is 0. The van der Waals surface area contributed by atoms with E-state index < -0.39 is 0 Å². The molecule has 2 nitrogen and oxygen atoms in total. The fraction of sp³-hybridized carbons (Fsp3) is 0.571. The van der Waals surface area contributed by atoms with Gasteiger partial charge in [-0.05, 0) is 44.9 Å². The second kappa shape index (κ2) is 6.54. The molecule has 1 aromatic carbocycles. The standard InChI is InChI=1S/C14H23NO/c1-5-12(3)15-10-13(4)16-14-8-6-7-11(2)9-14/h6-9,12-13,15H,5,10H2,1-4H3. The maximum atomic E-state index is 5.83. The normalized spacial score (nSPS) is 14.5. The van der Waals surface area contributed by atoms with Crippen LogP contribution in [-0.2, 0) is 0 Å². The van der Waals surface area contributed by atoms with Crippen molar-refractivity contribution in [1.29, 1.82) is 0 Å². The molecule has 0 bridgehead atoms. The molecule has 0 radical (unpaired) electrons. The third-order valence-corrected chi connectivity index (χ3v) is 2.69. The van der Waals surface area contributed by atoms with Crippen LogP contribution in [0.4, 0.5) is 0 Å². The van der Waals surface area contributed by atoms with Crippen molar-refractivity contribution in [3.8, 4) is 5.75 Å². The molecule has 0 heterocycles. The molecule has 1 N–H and O–H groups in total. The Morgan fingerprint density at radius 1 is 1.31 bits per heavy atom. The maximum absolute atomic E-state index is 5.83. The predicted octanol–water partition coefficient (Wildman–Crippen LogP) is 3.15. The summed E-state index contributed by atoms with van der Waals surface area (Å²) in [6, 6.07) is 8.74. The van der Waals surface area contributed by atoms with Crippen LogP contribution in [0.1, 0.15) is 32.8 Å². The van der Waals surface area contributed by atoms with Crippen LogP contribution in [0.3, 0.4) is 0 Å². The smallest absolute Gasteiger partial charge is 0.120 e. The Kier molecular flexibility index (Phi) is 5.33. The fourth-order valence-corrected chi connectivity index (χ4v) is 1.47. The number of benzene rings is 1. The van der Waals surface area contributed by atoms with Gasteiger partial charge in [-0.1, -0.05) is 19.1 Å². The molecule has 0 aliphatic rings. The highest BCUT2D eigenvalue weighted by Gasteiger charge is 2.05. The maximum Gasteiger partial charge on any atom is 0.120 e. The van der Waals surface area contributed by atoms with Crippen molar-refractivity contribution in [3.05, 3.63) is 29.8 Å². The molecule has 1 aromatic rings. The van der Waals surface area contributed by atoms with E-state index in [4.69, 9.17) is 4.74 Å². The van der Waals surface area contributed by atoms with Crippen LogP contribution in [0, 0.1) is 6.92 Å². The average molecular weight is 221 g/mol. The van der Waals surface area contributed by atoms with Crippen LogP contribution in [0.15, 0.2) is 24.3 Å². The molecule has 2 heteroatoms.